The molecule has 2 saturated heterocycles. The van der Waals surface area contributed by atoms with Crippen molar-refractivity contribution >= 4 is 29.3 Å². The van der Waals surface area contributed by atoms with Crippen LogP contribution in [0.4, 0.5) is 0 Å². The van der Waals surface area contributed by atoms with Crippen LogP contribution in [0.15, 0.2) is 30.2 Å². The van der Waals surface area contributed by atoms with Crippen LogP contribution in [-0.4, -0.2) is 39.1 Å². The average molecular weight is 349 g/mol. The Kier molecular flexibility index (Phi) is 3.76. The molecule has 3 atom stereocenters. The number of carbonyl (C=O) groups is 1. The lowest BCUT2D eigenvalue weighted by atomic mass is 10.0. The van der Waals surface area contributed by atoms with E-state index in [1.807, 2.05) is 22.1 Å². The molecule has 120 valence electrons. The Morgan fingerprint density at radius 2 is 2.43 bits per heavy atom. The second-order valence-corrected chi connectivity index (χ2v) is 6.82. The molecule has 4 rings (SSSR count). The van der Waals surface area contributed by atoms with Crippen molar-refractivity contribution in [3.05, 3.63) is 34.9 Å². The van der Waals surface area contributed by atoms with E-state index in [1.165, 1.54) is 0 Å². The fourth-order valence-electron chi connectivity index (χ4n) is 2.98. The Labute approximate surface area is 141 Å². The Bertz CT molecular complexity index is 809. The molecule has 6 nitrogen and oxygen atoms in total. The Balaban J connectivity index is 1.80. The number of carbonyl (C=O) groups excluding carboxylic acids is 1. The van der Waals surface area contributed by atoms with Gasteiger partial charge in [0.05, 0.1) is 17.5 Å². The molecule has 2 bridgehead atoms. The first kappa shape index (κ1) is 14.9. The SMILES string of the molecule is C=CCn1c(-c2cccs2)nn([C@H]2CC(=O)[C@H]3OC[C@H]2O3)c1=S. The van der Waals surface area contributed by atoms with E-state index < -0.39 is 6.29 Å². The van der Waals surface area contributed by atoms with Gasteiger partial charge in [-0.2, -0.15) is 5.10 Å². The molecule has 0 spiro atoms. The lowest BCUT2D eigenvalue weighted by molar-refractivity contribution is -0.156. The largest absolute Gasteiger partial charge is 0.343 e. The molecule has 23 heavy (non-hydrogen) atoms. The minimum atomic E-state index is -0.711. The molecular weight excluding hydrogens is 334 g/mol. The maximum absolute atomic E-state index is 12.0. The van der Waals surface area contributed by atoms with Crippen molar-refractivity contribution in [3.8, 4) is 10.7 Å². The summed E-state index contributed by atoms with van der Waals surface area (Å²) >= 11 is 7.20. The van der Waals surface area contributed by atoms with E-state index in [2.05, 4.69) is 6.58 Å². The van der Waals surface area contributed by atoms with Crippen LogP contribution in [0.25, 0.3) is 10.7 Å². The van der Waals surface area contributed by atoms with Crippen molar-refractivity contribution in [1.29, 1.82) is 0 Å². The van der Waals surface area contributed by atoms with Gasteiger partial charge in [0.25, 0.3) is 0 Å². The Hall–Kier alpha value is -1.61. The molecule has 0 amide bonds. The highest BCUT2D eigenvalue weighted by molar-refractivity contribution is 7.71. The van der Waals surface area contributed by atoms with Crippen molar-refractivity contribution in [2.45, 2.75) is 31.4 Å². The van der Waals surface area contributed by atoms with Gasteiger partial charge in [-0.1, -0.05) is 12.1 Å². The zero-order chi connectivity index (χ0) is 16.0. The third-order valence-corrected chi connectivity index (χ3v) is 5.34. The van der Waals surface area contributed by atoms with E-state index in [0.717, 1.165) is 10.7 Å². The van der Waals surface area contributed by atoms with Gasteiger partial charge in [0.1, 0.15) is 6.10 Å². The molecular formula is C15H15N3O3S2. The maximum Gasteiger partial charge on any atom is 0.218 e. The number of aromatic nitrogens is 3. The number of Topliss-reactive ketones (excluding diaryl/α,β-unsaturated/α-hetero) is 1. The number of allylic oxidation sites excluding steroid dienone is 1. The van der Waals surface area contributed by atoms with Crippen LogP contribution in [0.5, 0.6) is 0 Å². The molecule has 4 heterocycles. The van der Waals surface area contributed by atoms with Crippen molar-refractivity contribution in [2.75, 3.05) is 6.61 Å². The van der Waals surface area contributed by atoms with Crippen molar-refractivity contribution in [2.24, 2.45) is 0 Å². The van der Waals surface area contributed by atoms with Crippen LogP contribution in [0.2, 0.25) is 0 Å². The van der Waals surface area contributed by atoms with Gasteiger partial charge in [0.2, 0.25) is 6.29 Å². The smallest absolute Gasteiger partial charge is 0.218 e. The summed E-state index contributed by atoms with van der Waals surface area (Å²) < 4.78 is 15.2. The van der Waals surface area contributed by atoms with Gasteiger partial charge in [-0.3, -0.25) is 9.36 Å². The van der Waals surface area contributed by atoms with Crippen molar-refractivity contribution in [1.82, 2.24) is 14.3 Å². The van der Waals surface area contributed by atoms with E-state index in [0.29, 0.717) is 24.3 Å². The molecule has 2 fully saturated rings. The molecule has 0 saturated carbocycles. The minimum absolute atomic E-state index is 0.0541. The van der Waals surface area contributed by atoms with Crippen molar-refractivity contribution < 1.29 is 14.3 Å². The number of thiophene rings is 1. The van der Waals surface area contributed by atoms with Crippen LogP contribution in [0, 0.1) is 4.77 Å². The monoisotopic (exact) mass is 349 g/mol. The summed E-state index contributed by atoms with van der Waals surface area (Å²) in [6.45, 7) is 4.75. The second kappa shape index (κ2) is 5.79. The van der Waals surface area contributed by atoms with E-state index in [1.54, 1.807) is 22.1 Å². The summed E-state index contributed by atoms with van der Waals surface area (Å²) in [5, 5.41) is 6.69. The molecule has 0 N–H and O–H groups in total. The van der Waals surface area contributed by atoms with Crippen molar-refractivity contribution in [3.63, 3.8) is 0 Å². The van der Waals surface area contributed by atoms with E-state index >= 15 is 0 Å². The molecule has 2 aromatic rings. The zero-order valence-electron chi connectivity index (χ0n) is 12.3. The quantitative estimate of drug-likeness (QED) is 0.627. The van der Waals surface area contributed by atoms with E-state index in [9.17, 15) is 4.79 Å². The minimum Gasteiger partial charge on any atom is -0.343 e. The molecule has 2 aromatic heterocycles. The Morgan fingerprint density at radius 1 is 1.57 bits per heavy atom. The predicted octanol–water partition coefficient (Wildman–Crippen LogP) is 2.58. The molecule has 2 aliphatic rings. The van der Waals surface area contributed by atoms with Gasteiger partial charge in [0, 0.05) is 13.0 Å². The van der Waals surface area contributed by atoms with E-state index in [-0.39, 0.29) is 17.9 Å². The summed E-state index contributed by atoms with van der Waals surface area (Å²) in [6.07, 6.45) is 1.22. The lowest BCUT2D eigenvalue weighted by Gasteiger charge is -2.26. The third kappa shape index (κ3) is 2.42. The number of nitrogens with zero attached hydrogens (tertiary/aromatic N) is 3. The van der Waals surface area contributed by atoms with Gasteiger partial charge in [-0.05, 0) is 23.7 Å². The van der Waals surface area contributed by atoms with Gasteiger partial charge in [-0.15, -0.1) is 17.9 Å². The highest BCUT2D eigenvalue weighted by atomic mass is 32.1. The number of hydrogen-bond acceptors (Lipinski definition) is 6. The summed E-state index contributed by atoms with van der Waals surface area (Å²) in [6, 6.07) is 3.75. The van der Waals surface area contributed by atoms with Gasteiger partial charge < -0.3 is 9.47 Å². The molecule has 0 unspecified atom stereocenters. The first-order chi connectivity index (χ1) is 11.2. The first-order valence-corrected chi connectivity index (χ1v) is 8.61. The number of ketones is 1. The van der Waals surface area contributed by atoms with Crippen LogP contribution in [-0.2, 0) is 20.8 Å². The van der Waals surface area contributed by atoms with Crippen LogP contribution in [0.1, 0.15) is 12.5 Å². The third-order valence-electron chi connectivity index (χ3n) is 4.07. The summed E-state index contributed by atoms with van der Waals surface area (Å²) in [7, 11) is 0. The van der Waals surface area contributed by atoms with Gasteiger partial charge in [-0.25, -0.2) is 4.68 Å². The van der Waals surface area contributed by atoms with E-state index in [4.69, 9.17) is 26.8 Å². The van der Waals surface area contributed by atoms with Crippen LogP contribution >= 0.6 is 23.6 Å². The molecule has 8 heteroatoms. The fourth-order valence-corrected chi connectivity index (χ4v) is 4.03. The second-order valence-electron chi connectivity index (χ2n) is 5.50. The summed E-state index contributed by atoms with van der Waals surface area (Å²) in [5.41, 5.74) is 0. The topological polar surface area (TPSA) is 58.3 Å². The molecule has 2 aliphatic heterocycles. The molecule has 0 aliphatic carbocycles. The number of rotatable bonds is 4. The lowest BCUT2D eigenvalue weighted by Crippen LogP contribution is -2.37. The van der Waals surface area contributed by atoms with Crippen LogP contribution < -0.4 is 0 Å². The summed E-state index contributed by atoms with van der Waals surface area (Å²) in [4.78, 5) is 13.1. The number of fused-ring (bicyclic) bond motifs is 2. The summed E-state index contributed by atoms with van der Waals surface area (Å²) in [5.74, 6) is 0.736. The standard InChI is InChI=1S/C15H15N3O3S2/c1-2-5-17-13(12-4-3-6-23-12)16-18(15(17)22)9-7-10(19)14-20-8-11(9)21-14/h2-4,6,9,11,14H,1,5,7-8H2/t9-,11+,14-/m0/s1. The zero-order valence-corrected chi connectivity index (χ0v) is 13.9. The van der Waals surface area contributed by atoms with Gasteiger partial charge >= 0.3 is 0 Å². The normalized spacial score (nSPS) is 26.6. The molecule has 0 radical (unpaired) electrons. The molecule has 0 aromatic carbocycles. The Morgan fingerprint density at radius 3 is 3.17 bits per heavy atom. The highest BCUT2D eigenvalue weighted by Gasteiger charge is 2.45. The fraction of sp³-hybridized carbons (Fsp3) is 0.400. The number of hydrogen-bond donors (Lipinski definition) is 0. The first-order valence-electron chi connectivity index (χ1n) is 7.33. The predicted molar refractivity (Wildman–Crippen MR) is 87.8 cm³/mol. The highest BCUT2D eigenvalue weighted by Crippen LogP contribution is 2.34. The maximum atomic E-state index is 12.0. The van der Waals surface area contributed by atoms with Gasteiger partial charge in [0.15, 0.2) is 16.4 Å². The number of ether oxygens (including phenoxy) is 2. The van der Waals surface area contributed by atoms with Crippen LogP contribution in [0.3, 0.4) is 0 Å². The average Bonchev–Trinajstić information content (AvgIpc) is 3.25.